The SMILES string of the molecule is CCCCCCCCCCCCOc1cccc(OCCCCCCCCCCCC)c1-c1c2nc(cc3ccc([nH]3)c(-c3c(OCCCCCCCCCCCC)cccc3OCCCCCCCCCCCC)c3nc(cc4ccc1[nH]4)C=C3)C=C2. The van der Waals surface area contributed by atoms with Crippen molar-refractivity contribution in [2.45, 2.75) is 285 Å². The van der Waals surface area contributed by atoms with Gasteiger partial charge in [0.25, 0.3) is 0 Å². The molecule has 0 fully saturated rings. The van der Waals surface area contributed by atoms with Crippen molar-refractivity contribution in [2.75, 3.05) is 26.4 Å². The molecule has 8 heteroatoms. The van der Waals surface area contributed by atoms with Crippen LogP contribution in [-0.4, -0.2) is 46.4 Å². The van der Waals surface area contributed by atoms with Crippen molar-refractivity contribution in [3.63, 3.8) is 0 Å². The van der Waals surface area contributed by atoms with Crippen LogP contribution in [0.15, 0.2) is 72.8 Å². The smallest absolute Gasteiger partial charge is 0.131 e. The molecule has 2 aromatic carbocycles. The quantitative estimate of drug-likeness (QED) is 0.0369. The Morgan fingerprint density at radius 1 is 0.273 bits per heavy atom. The molecule has 8 nitrogen and oxygen atoms in total. The van der Waals surface area contributed by atoms with E-state index in [0.717, 1.165) is 116 Å². The zero-order chi connectivity index (χ0) is 61.3. The molecule has 482 valence electrons. The van der Waals surface area contributed by atoms with Crippen molar-refractivity contribution in [2.24, 2.45) is 0 Å². The number of nitrogens with zero attached hydrogens (tertiary/aromatic N) is 2. The molecule has 0 aliphatic carbocycles. The molecule has 2 aliphatic rings. The van der Waals surface area contributed by atoms with Gasteiger partial charge in [-0.25, -0.2) is 9.97 Å². The standard InChI is InChI=1S/C80H118N4O4/c1-5-9-13-17-21-25-29-33-37-41-59-85-73-47-45-48-74(86-60-42-38-34-30-26-22-18-14-10-6-2)79(73)77-69-55-51-65(81-69)63-67-53-57-71(83-67)78(72-58-54-68(84-72)64-66-52-56-70(77)82-66)80-75(87-61-43-39-35-31-27-23-19-15-11-7-3)49-46-50-76(80)88-62-44-40-36-32-28-24-20-16-12-8-4/h45-58,63-64,81,84H,5-44,59-62H2,1-4H3. The molecule has 2 aliphatic heterocycles. The molecule has 8 bridgehead atoms. The molecule has 0 spiro atoms. The Kier molecular flexibility index (Phi) is 34.1. The molecule has 5 heterocycles. The summed E-state index contributed by atoms with van der Waals surface area (Å²) in [5, 5.41) is 0. The van der Waals surface area contributed by atoms with Crippen molar-refractivity contribution < 1.29 is 18.9 Å². The zero-order valence-electron chi connectivity index (χ0n) is 55.9. The van der Waals surface area contributed by atoms with Gasteiger partial charge >= 0.3 is 0 Å². The maximum atomic E-state index is 6.87. The van der Waals surface area contributed by atoms with Crippen LogP contribution in [0.25, 0.3) is 68.6 Å². The van der Waals surface area contributed by atoms with Gasteiger partial charge in [-0.2, -0.15) is 0 Å². The first-order chi connectivity index (χ1) is 43.6. The number of hydrogen-bond donors (Lipinski definition) is 2. The fourth-order valence-electron chi connectivity index (χ4n) is 12.7. The lowest BCUT2D eigenvalue weighted by Gasteiger charge is -2.18. The zero-order valence-corrected chi connectivity index (χ0v) is 55.9. The van der Waals surface area contributed by atoms with Crippen molar-refractivity contribution in [1.82, 2.24) is 19.9 Å². The highest BCUT2D eigenvalue weighted by atomic mass is 16.5. The fourth-order valence-corrected chi connectivity index (χ4v) is 12.7. The van der Waals surface area contributed by atoms with Crippen LogP contribution < -0.4 is 18.9 Å². The van der Waals surface area contributed by atoms with E-state index in [9.17, 15) is 0 Å². The summed E-state index contributed by atoms with van der Waals surface area (Å²) < 4.78 is 27.5. The predicted octanol–water partition coefficient (Wildman–Crippen LogP) is 25.2. The summed E-state index contributed by atoms with van der Waals surface area (Å²) in [6.07, 6.45) is 59.9. The third-order valence-corrected chi connectivity index (χ3v) is 17.9. The van der Waals surface area contributed by atoms with Gasteiger partial charge in [-0.05, 0) is 111 Å². The molecule has 5 aromatic rings. The summed E-state index contributed by atoms with van der Waals surface area (Å²) in [5.74, 6) is 3.31. The minimum Gasteiger partial charge on any atom is -0.493 e. The number of rotatable bonds is 50. The first kappa shape index (κ1) is 69.7. The van der Waals surface area contributed by atoms with E-state index < -0.39 is 0 Å². The molecule has 88 heavy (non-hydrogen) atoms. The summed E-state index contributed by atoms with van der Waals surface area (Å²) in [6, 6.07) is 25.7. The second kappa shape index (κ2) is 43.0. The molecule has 0 amide bonds. The van der Waals surface area contributed by atoms with E-state index in [1.807, 2.05) is 0 Å². The van der Waals surface area contributed by atoms with Gasteiger partial charge in [0.05, 0.1) is 60.3 Å². The molecule has 0 saturated heterocycles. The summed E-state index contributed by atoms with van der Waals surface area (Å²) in [4.78, 5) is 18.6. The second-order valence-corrected chi connectivity index (χ2v) is 25.6. The van der Waals surface area contributed by atoms with Crippen LogP contribution in [0.3, 0.4) is 0 Å². The summed E-state index contributed by atoms with van der Waals surface area (Å²) in [5.41, 5.74) is 11.0. The van der Waals surface area contributed by atoms with Gasteiger partial charge in [-0.1, -0.05) is 271 Å². The average Bonchev–Trinajstić information content (AvgIpc) is 4.51. The minimum atomic E-state index is 0.651. The Bertz CT molecular complexity index is 2640. The minimum absolute atomic E-state index is 0.651. The lowest BCUT2D eigenvalue weighted by Crippen LogP contribution is -2.04. The Morgan fingerprint density at radius 3 is 0.784 bits per heavy atom. The van der Waals surface area contributed by atoms with Crippen molar-refractivity contribution in [3.8, 4) is 45.3 Å². The van der Waals surface area contributed by atoms with Crippen LogP contribution in [-0.2, 0) is 0 Å². The third kappa shape index (κ3) is 24.9. The first-order valence-corrected chi connectivity index (χ1v) is 36.5. The number of H-pyrrole nitrogens is 2. The number of unbranched alkanes of at least 4 members (excludes halogenated alkanes) is 36. The maximum absolute atomic E-state index is 6.87. The lowest BCUT2D eigenvalue weighted by molar-refractivity contribution is 0.291. The summed E-state index contributed by atoms with van der Waals surface area (Å²) in [7, 11) is 0. The van der Waals surface area contributed by atoms with Crippen LogP contribution in [0.5, 0.6) is 23.0 Å². The van der Waals surface area contributed by atoms with Crippen molar-refractivity contribution in [3.05, 3.63) is 95.6 Å². The maximum Gasteiger partial charge on any atom is 0.131 e. The van der Waals surface area contributed by atoms with E-state index in [4.69, 9.17) is 28.9 Å². The lowest BCUT2D eigenvalue weighted by atomic mass is 10.0. The molecular weight excluding hydrogens is 1080 g/mol. The Morgan fingerprint density at radius 2 is 0.523 bits per heavy atom. The fraction of sp³-hybridized carbons (Fsp3) is 0.600. The molecule has 2 N–H and O–H groups in total. The van der Waals surface area contributed by atoms with Crippen LogP contribution >= 0.6 is 0 Å². The van der Waals surface area contributed by atoms with E-state index in [2.05, 4.69) is 135 Å². The number of hydrogen-bond acceptors (Lipinski definition) is 6. The van der Waals surface area contributed by atoms with Gasteiger partial charge in [-0.3, -0.25) is 0 Å². The Hall–Kier alpha value is -5.76. The average molecular weight is 1200 g/mol. The van der Waals surface area contributed by atoms with Crippen LogP contribution in [0.1, 0.15) is 307 Å². The number of nitrogens with one attached hydrogen (secondary N) is 2. The van der Waals surface area contributed by atoms with Gasteiger partial charge < -0.3 is 28.9 Å². The van der Waals surface area contributed by atoms with E-state index in [-0.39, 0.29) is 0 Å². The molecular formula is C80H118N4O4. The van der Waals surface area contributed by atoms with Gasteiger partial charge in [-0.15, -0.1) is 0 Å². The van der Waals surface area contributed by atoms with Crippen LogP contribution in [0.4, 0.5) is 0 Å². The van der Waals surface area contributed by atoms with E-state index in [1.54, 1.807) is 0 Å². The molecule has 0 saturated carbocycles. The third-order valence-electron chi connectivity index (χ3n) is 17.9. The van der Waals surface area contributed by atoms with Crippen molar-refractivity contribution >= 4 is 46.4 Å². The van der Waals surface area contributed by atoms with Gasteiger partial charge in [0.2, 0.25) is 0 Å². The van der Waals surface area contributed by atoms with Gasteiger partial charge in [0.1, 0.15) is 23.0 Å². The largest absolute Gasteiger partial charge is 0.493 e. The molecule has 7 rings (SSSR count). The topological polar surface area (TPSA) is 94.3 Å². The number of benzene rings is 2. The normalized spacial score (nSPS) is 12.0. The highest BCUT2D eigenvalue weighted by Gasteiger charge is 2.23. The second-order valence-electron chi connectivity index (χ2n) is 25.6. The van der Waals surface area contributed by atoms with Crippen LogP contribution in [0, 0.1) is 0 Å². The van der Waals surface area contributed by atoms with Crippen LogP contribution in [0.2, 0.25) is 0 Å². The molecule has 0 atom stereocenters. The van der Waals surface area contributed by atoms with E-state index in [0.29, 0.717) is 26.4 Å². The summed E-state index contributed by atoms with van der Waals surface area (Å²) in [6.45, 7) is 11.8. The highest BCUT2D eigenvalue weighted by Crippen LogP contribution is 2.45. The van der Waals surface area contributed by atoms with Gasteiger partial charge in [0.15, 0.2) is 0 Å². The number of aromatic amines is 2. The molecule has 3 aromatic heterocycles. The Balaban J connectivity index is 1.19. The predicted molar refractivity (Wildman–Crippen MR) is 379 cm³/mol. The van der Waals surface area contributed by atoms with E-state index >= 15 is 0 Å². The van der Waals surface area contributed by atoms with Crippen molar-refractivity contribution in [1.29, 1.82) is 0 Å². The highest BCUT2D eigenvalue weighted by molar-refractivity contribution is 5.97. The molecule has 0 radical (unpaired) electrons. The number of ether oxygens (including phenoxy) is 4. The molecule has 0 unspecified atom stereocenters. The summed E-state index contributed by atoms with van der Waals surface area (Å²) >= 11 is 0. The monoisotopic (exact) mass is 1200 g/mol. The number of fused-ring (bicyclic) bond motifs is 8. The van der Waals surface area contributed by atoms with E-state index in [1.165, 1.54) is 231 Å². The van der Waals surface area contributed by atoms with Gasteiger partial charge in [0, 0.05) is 33.2 Å². The number of aromatic nitrogens is 4. The first-order valence-electron chi connectivity index (χ1n) is 36.5. The Labute approximate surface area is 534 Å².